The van der Waals surface area contributed by atoms with Crippen LogP contribution >= 0.6 is 11.8 Å². The number of rotatable bonds is 7. The fourth-order valence-electron chi connectivity index (χ4n) is 3.32. The molecule has 5 rings (SSSR count). The molecule has 0 spiro atoms. The quantitative estimate of drug-likeness (QED) is 0.298. The first-order chi connectivity index (χ1) is 15.3. The van der Waals surface area contributed by atoms with Gasteiger partial charge in [0.05, 0.1) is 6.61 Å². The van der Waals surface area contributed by atoms with Crippen LogP contribution in [0, 0.1) is 6.92 Å². The van der Waals surface area contributed by atoms with Gasteiger partial charge in [-0.1, -0.05) is 47.7 Å². The lowest BCUT2D eigenvalue weighted by Gasteiger charge is -2.11. The Labute approximate surface area is 184 Å². The topological polar surface area (TPSA) is 58.4 Å². The van der Waals surface area contributed by atoms with Gasteiger partial charge in [-0.3, -0.25) is 4.57 Å². The second-order valence-electron chi connectivity index (χ2n) is 7.06. The fraction of sp³-hybridized carbons (Fsp3) is 0.167. The Morgan fingerprint density at radius 3 is 2.58 bits per heavy atom. The molecule has 156 valence electrons. The van der Waals surface area contributed by atoms with Gasteiger partial charge in [0.25, 0.3) is 0 Å². The number of ether oxygens (including phenoxy) is 3. The van der Waals surface area contributed by atoms with Crippen LogP contribution in [0.25, 0.3) is 17.1 Å². The maximum atomic E-state index is 5.86. The normalized spacial score (nSPS) is 12.2. The van der Waals surface area contributed by atoms with Crippen molar-refractivity contribution in [3.8, 4) is 34.3 Å². The average Bonchev–Trinajstić information content (AvgIpc) is 3.45. The highest BCUT2D eigenvalue weighted by molar-refractivity contribution is 7.99. The van der Waals surface area contributed by atoms with Crippen molar-refractivity contribution < 1.29 is 14.2 Å². The molecule has 1 aliphatic rings. The molecule has 2 heterocycles. The Bertz CT molecular complexity index is 1180. The molecule has 31 heavy (non-hydrogen) atoms. The van der Waals surface area contributed by atoms with Crippen LogP contribution < -0.4 is 14.2 Å². The number of aromatic nitrogens is 3. The summed E-state index contributed by atoms with van der Waals surface area (Å²) in [7, 11) is 0. The van der Waals surface area contributed by atoms with Crippen molar-refractivity contribution in [1.29, 1.82) is 0 Å². The van der Waals surface area contributed by atoms with Crippen LogP contribution in [0.3, 0.4) is 0 Å². The summed E-state index contributed by atoms with van der Waals surface area (Å²) in [5.74, 6) is 3.85. The van der Waals surface area contributed by atoms with Gasteiger partial charge >= 0.3 is 0 Å². The van der Waals surface area contributed by atoms with Crippen LogP contribution in [0.15, 0.2) is 78.0 Å². The van der Waals surface area contributed by atoms with Gasteiger partial charge in [-0.25, -0.2) is 0 Å². The second-order valence-corrected chi connectivity index (χ2v) is 8.12. The summed E-state index contributed by atoms with van der Waals surface area (Å²) in [6.07, 6.45) is 0. The first-order valence-electron chi connectivity index (χ1n) is 10.0. The molecule has 3 aromatic carbocycles. The van der Waals surface area contributed by atoms with Gasteiger partial charge in [0, 0.05) is 17.0 Å². The van der Waals surface area contributed by atoms with Gasteiger partial charge in [0.15, 0.2) is 22.5 Å². The Kier molecular flexibility index (Phi) is 5.50. The number of hydrogen-bond donors (Lipinski definition) is 0. The third-order valence-corrected chi connectivity index (χ3v) is 5.78. The van der Waals surface area contributed by atoms with E-state index in [0.717, 1.165) is 45.2 Å². The fourth-order valence-corrected chi connectivity index (χ4v) is 4.09. The van der Waals surface area contributed by atoms with E-state index in [1.54, 1.807) is 11.8 Å². The van der Waals surface area contributed by atoms with Gasteiger partial charge in [0.1, 0.15) is 5.75 Å². The maximum Gasteiger partial charge on any atom is 0.231 e. The third kappa shape index (κ3) is 4.22. The van der Waals surface area contributed by atoms with Crippen molar-refractivity contribution in [2.45, 2.75) is 12.1 Å². The molecule has 1 aliphatic heterocycles. The van der Waals surface area contributed by atoms with E-state index in [-0.39, 0.29) is 6.79 Å². The number of thioether (sulfide) groups is 1. The monoisotopic (exact) mass is 431 g/mol. The third-order valence-electron chi connectivity index (χ3n) is 4.88. The van der Waals surface area contributed by atoms with Crippen molar-refractivity contribution >= 4 is 11.8 Å². The van der Waals surface area contributed by atoms with Crippen LogP contribution in [-0.2, 0) is 0 Å². The molecule has 0 amide bonds. The minimum atomic E-state index is 0.242. The molecular weight excluding hydrogens is 410 g/mol. The number of nitrogens with zero attached hydrogens (tertiary/aromatic N) is 3. The zero-order valence-electron chi connectivity index (χ0n) is 17.0. The maximum absolute atomic E-state index is 5.86. The lowest BCUT2D eigenvalue weighted by Crippen LogP contribution is -2.03. The molecule has 7 heteroatoms. The summed E-state index contributed by atoms with van der Waals surface area (Å²) in [4.78, 5) is 0. The van der Waals surface area contributed by atoms with E-state index in [2.05, 4.69) is 21.7 Å². The molecule has 1 aromatic heterocycles. The van der Waals surface area contributed by atoms with Crippen LogP contribution in [0.1, 0.15) is 5.56 Å². The molecule has 0 saturated carbocycles. The van der Waals surface area contributed by atoms with Gasteiger partial charge in [-0.15, -0.1) is 10.2 Å². The highest BCUT2D eigenvalue weighted by Crippen LogP contribution is 2.37. The Hall–Kier alpha value is -3.45. The molecule has 0 bridgehead atoms. The second kappa shape index (κ2) is 8.73. The van der Waals surface area contributed by atoms with E-state index >= 15 is 0 Å². The standard InChI is InChI=1S/C24H21N3O3S/c1-17-7-10-20(11-8-17)28-13-14-31-24-26-25-23(27(24)19-5-3-2-4-6-19)18-9-12-21-22(15-18)30-16-29-21/h2-12,15H,13-14,16H2,1H3. The summed E-state index contributed by atoms with van der Waals surface area (Å²) < 4.78 is 18.9. The van der Waals surface area contributed by atoms with E-state index in [0.29, 0.717) is 6.61 Å². The Morgan fingerprint density at radius 1 is 0.935 bits per heavy atom. The van der Waals surface area contributed by atoms with Crippen LogP contribution in [0.2, 0.25) is 0 Å². The summed E-state index contributed by atoms with van der Waals surface area (Å²) in [5.41, 5.74) is 3.14. The average molecular weight is 432 g/mol. The minimum Gasteiger partial charge on any atom is -0.493 e. The van der Waals surface area contributed by atoms with Crippen LogP contribution in [-0.4, -0.2) is 33.9 Å². The van der Waals surface area contributed by atoms with Crippen molar-refractivity contribution in [2.24, 2.45) is 0 Å². The molecule has 0 aliphatic carbocycles. The molecule has 0 fully saturated rings. The molecule has 0 N–H and O–H groups in total. The van der Waals surface area contributed by atoms with E-state index in [1.807, 2.05) is 72.8 Å². The van der Waals surface area contributed by atoms with Crippen molar-refractivity contribution in [2.75, 3.05) is 19.2 Å². The minimum absolute atomic E-state index is 0.242. The first-order valence-corrected chi connectivity index (χ1v) is 11.0. The predicted molar refractivity (Wildman–Crippen MR) is 120 cm³/mol. The van der Waals surface area contributed by atoms with Gasteiger partial charge in [-0.05, 0) is 49.4 Å². The van der Waals surface area contributed by atoms with E-state index in [9.17, 15) is 0 Å². The zero-order valence-corrected chi connectivity index (χ0v) is 17.8. The molecule has 0 atom stereocenters. The molecule has 0 radical (unpaired) electrons. The Balaban J connectivity index is 1.38. The summed E-state index contributed by atoms with van der Waals surface area (Å²) >= 11 is 1.61. The van der Waals surface area contributed by atoms with Gasteiger partial charge in [0.2, 0.25) is 6.79 Å². The first kappa shape index (κ1) is 19.5. The van der Waals surface area contributed by atoms with Crippen molar-refractivity contribution in [3.05, 3.63) is 78.4 Å². The van der Waals surface area contributed by atoms with Gasteiger partial charge in [-0.2, -0.15) is 0 Å². The van der Waals surface area contributed by atoms with Gasteiger partial charge < -0.3 is 14.2 Å². The van der Waals surface area contributed by atoms with Crippen LogP contribution in [0.4, 0.5) is 0 Å². The summed E-state index contributed by atoms with van der Waals surface area (Å²) in [6, 6.07) is 24.0. The lowest BCUT2D eigenvalue weighted by atomic mass is 10.2. The van der Waals surface area contributed by atoms with Crippen LogP contribution in [0.5, 0.6) is 17.2 Å². The predicted octanol–water partition coefficient (Wildman–Crippen LogP) is 5.14. The number of aryl methyl sites for hydroxylation is 1. The number of benzene rings is 3. The number of para-hydroxylation sites is 1. The molecule has 6 nitrogen and oxygen atoms in total. The number of hydrogen-bond acceptors (Lipinski definition) is 6. The highest BCUT2D eigenvalue weighted by Gasteiger charge is 2.20. The highest BCUT2D eigenvalue weighted by atomic mass is 32.2. The van der Waals surface area contributed by atoms with E-state index < -0.39 is 0 Å². The zero-order chi connectivity index (χ0) is 21.0. The van der Waals surface area contributed by atoms with Crippen molar-refractivity contribution in [3.63, 3.8) is 0 Å². The summed E-state index contributed by atoms with van der Waals surface area (Å²) in [5, 5.41) is 9.77. The van der Waals surface area contributed by atoms with Crippen molar-refractivity contribution in [1.82, 2.24) is 14.8 Å². The smallest absolute Gasteiger partial charge is 0.231 e. The largest absolute Gasteiger partial charge is 0.493 e. The SMILES string of the molecule is Cc1ccc(OCCSc2nnc(-c3ccc4c(c3)OCO4)n2-c2ccccc2)cc1. The van der Waals surface area contributed by atoms with E-state index in [1.165, 1.54) is 5.56 Å². The molecule has 0 saturated heterocycles. The Morgan fingerprint density at radius 2 is 1.74 bits per heavy atom. The summed E-state index contributed by atoms with van der Waals surface area (Å²) in [6.45, 7) is 2.88. The molecule has 0 unspecified atom stereocenters. The number of fused-ring (bicyclic) bond motifs is 1. The molecule has 4 aromatic rings. The molecular formula is C24H21N3O3S. The lowest BCUT2D eigenvalue weighted by molar-refractivity contribution is 0.174. The van der Waals surface area contributed by atoms with E-state index in [4.69, 9.17) is 14.2 Å².